The number of esters is 1. The molecule has 0 amide bonds. The van der Waals surface area contributed by atoms with E-state index in [1.807, 2.05) is 0 Å². The van der Waals surface area contributed by atoms with E-state index in [0.717, 1.165) is 5.56 Å². The van der Waals surface area contributed by atoms with Gasteiger partial charge in [0.05, 0.1) is 7.11 Å². The Labute approximate surface area is 97.7 Å². The van der Waals surface area contributed by atoms with E-state index in [1.165, 1.54) is 19.4 Å². The molecule has 0 aromatic carbocycles. The van der Waals surface area contributed by atoms with Crippen LogP contribution in [0.25, 0.3) is 0 Å². The first-order chi connectivity index (χ1) is 8.20. The summed E-state index contributed by atoms with van der Waals surface area (Å²) in [6.07, 6.45) is 3.14. The van der Waals surface area contributed by atoms with Crippen molar-refractivity contribution in [3.63, 3.8) is 0 Å². The number of aromatic nitrogens is 2. The predicted octanol–water partition coefficient (Wildman–Crippen LogP) is 1.86. The Bertz CT molecular complexity index is 537. The van der Waals surface area contributed by atoms with Gasteiger partial charge in [-0.25, -0.2) is 9.78 Å². The zero-order valence-corrected chi connectivity index (χ0v) is 9.26. The van der Waals surface area contributed by atoms with Gasteiger partial charge in [-0.1, -0.05) is 0 Å². The lowest BCUT2D eigenvalue weighted by Gasteiger charge is -2.07. The SMILES string of the molecule is COC(=O)c1cccn1Cc1ccnc(F)c1. The van der Waals surface area contributed by atoms with Crippen molar-refractivity contribution in [1.29, 1.82) is 0 Å². The zero-order chi connectivity index (χ0) is 12.3. The van der Waals surface area contributed by atoms with E-state index >= 15 is 0 Å². The largest absolute Gasteiger partial charge is 0.464 e. The summed E-state index contributed by atoms with van der Waals surface area (Å²) in [5.41, 5.74) is 1.17. The summed E-state index contributed by atoms with van der Waals surface area (Å²) in [7, 11) is 1.33. The van der Waals surface area contributed by atoms with Crippen molar-refractivity contribution in [2.45, 2.75) is 6.54 Å². The molecule has 2 aromatic heterocycles. The fourth-order valence-corrected chi connectivity index (χ4v) is 1.58. The summed E-state index contributed by atoms with van der Waals surface area (Å²) < 4.78 is 19.3. The van der Waals surface area contributed by atoms with E-state index in [2.05, 4.69) is 9.72 Å². The number of methoxy groups -OCH3 is 1. The Balaban J connectivity index is 2.25. The number of rotatable bonds is 3. The highest BCUT2D eigenvalue weighted by atomic mass is 19.1. The van der Waals surface area contributed by atoms with Gasteiger partial charge in [-0.05, 0) is 29.8 Å². The standard InChI is InChI=1S/C12H11FN2O2/c1-17-12(16)10-3-2-6-15(10)8-9-4-5-14-11(13)7-9/h2-7H,8H2,1H3. The smallest absolute Gasteiger partial charge is 0.354 e. The van der Waals surface area contributed by atoms with Crippen LogP contribution in [-0.4, -0.2) is 22.6 Å². The second kappa shape index (κ2) is 4.78. The van der Waals surface area contributed by atoms with Gasteiger partial charge in [0, 0.05) is 18.9 Å². The molecule has 0 fully saturated rings. The average molecular weight is 234 g/mol. The minimum atomic E-state index is -0.533. The average Bonchev–Trinajstić information content (AvgIpc) is 2.76. The fraction of sp³-hybridized carbons (Fsp3) is 0.167. The van der Waals surface area contributed by atoms with Gasteiger partial charge in [0.25, 0.3) is 0 Å². The molecule has 2 aromatic rings. The van der Waals surface area contributed by atoms with Crippen molar-refractivity contribution >= 4 is 5.97 Å². The normalized spacial score (nSPS) is 10.2. The third kappa shape index (κ3) is 2.50. The summed E-state index contributed by atoms with van der Waals surface area (Å²) in [6, 6.07) is 6.43. The predicted molar refractivity (Wildman–Crippen MR) is 59.1 cm³/mol. The first-order valence-electron chi connectivity index (χ1n) is 5.04. The van der Waals surface area contributed by atoms with Crippen LogP contribution in [0.2, 0.25) is 0 Å². The summed E-state index contributed by atoms with van der Waals surface area (Å²) in [6.45, 7) is 0.400. The number of halogens is 1. The Morgan fingerprint density at radius 2 is 2.35 bits per heavy atom. The van der Waals surface area contributed by atoms with Gasteiger partial charge < -0.3 is 9.30 Å². The third-order valence-electron chi connectivity index (χ3n) is 2.37. The molecule has 0 saturated carbocycles. The minimum Gasteiger partial charge on any atom is -0.464 e. The molecule has 0 atom stereocenters. The maximum absolute atomic E-state index is 12.9. The monoisotopic (exact) mass is 234 g/mol. The highest BCUT2D eigenvalue weighted by molar-refractivity contribution is 5.87. The van der Waals surface area contributed by atoms with Gasteiger partial charge in [0.15, 0.2) is 0 Å². The van der Waals surface area contributed by atoms with E-state index in [9.17, 15) is 9.18 Å². The Morgan fingerprint density at radius 3 is 3.06 bits per heavy atom. The van der Waals surface area contributed by atoms with Crippen LogP contribution in [0.4, 0.5) is 4.39 Å². The second-order valence-corrected chi connectivity index (χ2v) is 3.50. The molecular weight excluding hydrogens is 223 g/mol. The molecule has 0 radical (unpaired) electrons. The summed E-state index contributed by atoms with van der Waals surface area (Å²) in [5.74, 6) is -0.946. The number of pyridine rings is 1. The molecule has 0 unspecified atom stereocenters. The maximum Gasteiger partial charge on any atom is 0.354 e. The maximum atomic E-state index is 12.9. The lowest BCUT2D eigenvalue weighted by molar-refractivity contribution is 0.0589. The van der Waals surface area contributed by atoms with E-state index in [-0.39, 0.29) is 0 Å². The Hall–Kier alpha value is -2.17. The molecular formula is C12H11FN2O2. The number of hydrogen-bond donors (Lipinski definition) is 0. The zero-order valence-electron chi connectivity index (χ0n) is 9.26. The van der Waals surface area contributed by atoms with Crippen LogP contribution >= 0.6 is 0 Å². The lowest BCUT2D eigenvalue weighted by atomic mass is 10.2. The van der Waals surface area contributed by atoms with Crippen LogP contribution in [-0.2, 0) is 11.3 Å². The highest BCUT2D eigenvalue weighted by Gasteiger charge is 2.10. The molecule has 0 N–H and O–H groups in total. The third-order valence-corrected chi connectivity index (χ3v) is 2.37. The number of carbonyl (C=O) groups excluding carboxylic acids is 1. The van der Waals surface area contributed by atoms with Gasteiger partial charge in [-0.2, -0.15) is 4.39 Å². The summed E-state index contributed by atoms with van der Waals surface area (Å²) in [4.78, 5) is 14.9. The van der Waals surface area contributed by atoms with E-state index < -0.39 is 11.9 Å². The van der Waals surface area contributed by atoms with Gasteiger partial charge in [-0.3, -0.25) is 0 Å². The summed E-state index contributed by atoms with van der Waals surface area (Å²) >= 11 is 0. The summed E-state index contributed by atoms with van der Waals surface area (Å²) in [5, 5.41) is 0. The number of nitrogens with zero attached hydrogens (tertiary/aromatic N) is 2. The van der Waals surface area contributed by atoms with Gasteiger partial charge in [-0.15, -0.1) is 0 Å². The molecule has 0 aliphatic carbocycles. The van der Waals surface area contributed by atoms with Crippen LogP contribution in [0.1, 0.15) is 16.1 Å². The van der Waals surface area contributed by atoms with E-state index in [4.69, 9.17) is 0 Å². The fourth-order valence-electron chi connectivity index (χ4n) is 1.58. The van der Waals surface area contributed by atoms with Gasteiger partial charge >= 0.3 is 5.97 Å². The first kappa shape index (κ1) is 11.3. The van der Waals surface area contributed by atoms with E-state index in [1.54, 1.807) is 29.0 Å². The lowest BCUT2D eigenvalue weighted by Crippen LogP contribution is -2.10. The van der Waals surface area contributed by atoms with Crippen LogP contribution < -0.4 is 0 Å². The molecule has 2 heterocycles. The van der Waals surface area contributed by atoms with Crippen molar-refractivity contribution in [2.75, 3.05) is 7.11 Å². The van der Waals surface area contributed by atoms with Crippen molar-refractivity contribution in [2.24, 2.45) is 0 Å². The molecule has 0 bridgehead atoms. The van der Waals surface area contributed by atoms with Crippen molar-refractivity contribution in [1.82, 2.24) is 9.55 Å². The molecule has 0 saturated heterocycles. The molecule has 4 nitrogen and oxygen atoms in total. The highest BCUT2D eigenvalue weighted by Crippen LogP contribution is 2.09. The Morgan fingerprint density at radius 1 is 1.53 bits per heavy atom. The van der Waals surface area contributed by atoms with Gasteiger partial charge in [0.2, 0.25) is 5.95 Å². The minimum absolute atomic E-state index is 0.400. The van der Waals surface area contributed by atoms with Gasteiger partial charge in [0.1, 0.15) is 5.69 Å². The van der Waals surface area contributed by atoms with Crippen molar-refractivity contribution in [3.8, 4) is 0 Å². The number of ether oxygens (including phenoxy) is 1. The molecule has 0 aliphatic rings. The Kier molecular flexibility index (Phi) is 3.18. The molecule has 2 rings (SSSR count). The van der Waals surface area contributed by atoms with Crippen LogP contribution in [0.5, 0.6) is 0 Å². The molecule has 0 aliphatic heterocycles. The first-order valence-corrected chi connectivity index (χ1v) is 5.04. The number of carbonyl (C=O) groups is 1. The quantitative estimate of drug-likeness (QED) is 0.601. The number of hydrogen-bond acceptors (Lipinski definition) is 3. The molecule has 5 heteroatoms. The van der Waals surface area contributed by atoms with Crippen LogP contribution in [0.15, 0.2) is 36.7 Å². The van der Waals surface area contributed by atoms with Crippen molar-refractivity contribution in [3.05, 3.63) is 53.9 Å². The van der Waals surface area contributed by atoms with E-state index in [0.29, 0.717) is 12.2 Å². The second-order valence-electron chi connectivity index (χ2n) is 3.50. The molecule has 17 heavy (non-hydrogen) atoms. The molecule has 88 valence electrons. The molecule has 0 spiro atoms. The topological polar surface area (TPSA) is 44.1 Å². The van der Waals surface area contributed by atoms with Crippen LogP contribution in [0.3, 0.4) is 0 Å². The van der Waals surface area contributed by atoms with Crippen LogP contribution in [0, 0.1) is 5.95 Å². The van der Waals surface area contributed by atoms with Crippen molar-refractivity contribution < 1.29 is 13.9 Å².